The van der Waals surface area contributed by atoms with E-state index in [0.29, 0.717) is 31.4 Å². The Morgan fingerprint density at radius 2 is 2.03 bits per heavy atom. The SMILES string of the molecule is CC(CCCC(=O)NCCn1c(N)nc(CCc2cccc(-c3ccco3)c2)cc1=O)C(=O)O. The highest BCUT2D eigenvalue weighted by Crippen LogP contribution is 2.21. The van der Waals surface area contributed by atoms with Gasteiger partial charge in [-0.15, -0.1) is 0 Å². The van der Waals surface area contributed by atoms with Gasteiger partial charge in [0.15, 0.2) is 0 Å². The molecule has 1 unspecified atom stereocenters. The number of nitrogens with two attached hydrogens (primary N) is 1. The van der Waals surface area contributed by atoms with Crippen LogP contribution in [0.15, 0.2) is 57.9 Å². The first-order valence-corrected chi connectivity index (χ1v) is 11.3. The Morgan fingerprint density at radius 1 is 1.21 bits per heavy atom. The average Bonchev–Trinajstić information content (AvgIpc) is 3.34. The van der Waals surface area contributed by atoms with Gasteiger partial charge >= 0.3 is 5.97 Å². The van der Waals surface area contributed by atoms with Gasteiger partial charge in [0.2, 0.25) is 11.9 Å². The van der Waals surface area contributed by atoms with Crippen LogP contribution in [-0.2, 0) is 29.0 Å². The molecule has 0 aliphatic heterocycles. The standard InChI is InChI=1S/C25H30N4O5/c1-17(24(32)33)5-2-9-22(30)27-12-13-29-23(31)16-20(28-25(29)26)11-10-18-6-3-7-19(15-18)21-8-4-14-34-21/h3-4,6-8,14-17H,2,5,9-13H2,1H3,(H2,26,28)(H,27,30)(H,32,33). The van der Waals surface area contributed by atoms with Gasteiger partial charge in [-0.2, -0.15) is 0 Å². The van der Waals surface area contributed by atoms with Gasteiger partial charge in [-0.25, -0.2) is 4.98 Å². The number of aliphatic carboxylic acids is 1. The first kappa shape index (κ1) is 24.8. The highest BCUT2D eigenvalue weighted by molar-refractivity contribution is 5.76. The number of anilines is 1. The Kier molecular flexibility index (Phi) is 8.61. The Morgan fingerprint density at radius 3 is 2.74 bits per heavy atom. The zero-order valence-corrected chi connectivity index (χ0v) is 19.2. The largest absolute Gasteiger partial charge is 0.481 e. The van der Waals surface area contributed by atoms with Gasteiger partial charge < -0.3 is 20.6 Å². The normalized spacial score (nSPS) is 11.8. The lowest BCUT2D eigenvalue weighted by Gasteiger charge is -2.11. The van der Waals surface area contributed by atoms with Gasteiger partial charge in [0, 0.05) is 31.1 Å². The number of carbonyl (C=O) groups excluding carboxylic acids is 1. The van der Waals surface area contributed by atoms with E-state index in [-0.39, 0.29) is 36.9 Å². The molecule has 4 N–H and O–H groups in total. The van der Waals surface area contributed by atoms with E-state index in [1.165, 1.54) is 10.6 Å². The summed E-state index contributed by atoms with van der Waals surface area (Å²) in [6.07, 6.45) is 4.06. The molecule has 0 fully saturated rings. The summed E-state index contributed by atoms with van der Waals surface area (Å²) in [5, 5.41) is 11.6. The highest BCUT2D eigenvalue weighted by Gasteiger charge is 2.12. The van der Waals surface area contributed by atoms with Crippen molar-refractivity contribution in [3.05, 3.63) is 70.3 Å². The summed E-state index contributed by atoms with van der Waals surface area (Å²) in [4.78, 5) is 39.6. The van der Waals surface area contributed by atoms with Crippen molar-refractivity contribution in [2.45, 2.75) is 45.6 Å². The summed E-state index contributed by atoms with van der Waals surface area (Å²) in [5.74, 6) is -0.625. The number of nitrogens with zero attached hydrogens (tertiary/aromatic N) is 2. The molecule has 0 saturated heterocycles. The van der Waals surface area contributed by atoms with E-state index >= 15 is 0 Å². The molecule has 0 aliphatic carbocycles. The first-order chi connectivity index (χ1) is 16.3. The maximum Gasteiger partial charge on any atom is 0.306 e. The molecule has 2 aromatic heterocycles. The summed E-state index contributed by atoms with van der Waals surface area (Å²) in [5.41, 5.74) is 8.44. The summed E-state index contributed by atoms with van der Waals surface area (Å²) in [6.45, 7) is 2.06. The molecule has 3 aromatic rings. The lowest BCUT2D eigenvalue weighted by molar-refractivity contribution is -0.141. The summed E-state index contributed by atoms with van der Waals surface area (Å²) < 4.78 is 6.77. The zero-order valence-electron chi connectivity index (χ0n) is 19.2. The van der Waals surface area contributed by atoms with Crippen molar-refractivity contribution in [2.75, 3.05) is 12.3 Å². The summed E-state index contributed by atoms with van der Waals surface area (Å²) >= 11 is 0. The molecule has 1 aromatic carbocycles. The maximum atomic E-state index is 12.5. The van der Waals surface area contributed by atoms with E-state index in [0.717, 1.165) is 16.9 Å². The fourth-order valence-corrected chi connectivity index (χ4v) is 3.61. The van der Waals surface area contributed by atoms with Crippen LogP contribution in [0.2, 0.25) is 0 Å². The summed E-state index contributed by atoms with van der Waals surface area (Å²) in [7, 11) is 0. The van der Waals surface area contributed by atoms with Crippen LogP contribution < -0.4 is 16.6 Å². The van der Waals surface area contributed by atoms with Gasteiger partial charge in [-0.1, -0.05) is 25.1 Å². The van der Waals surface area contributed by atoms with Crippen LogP contribution in [0.1, 0.15) is 37.4 Å². The number of rotatable bonds is 12. The van der Waals surface area contributed by atoms with Crippen LogP contribution in [0.4, 0.5) is 5.95 Å². The van der Waals surface area contributed by atoms with Crippen molar-refractivity contribution in [1.29, 1.82) is 0 Å². The van der Waals surface area contributed by atoms with Crippen LogP contribution >= 0.6 is 0 Å². The van der Waals surface area contributed by atoms with E-state index < -0.39 is 11.9 Å². The minimum Gasteiger partial charge on any atom is -0.481 e. The molecule has 180 valence electrons. The number of hydrogen-bond donors (Lipinski definition) is 3. The third-order valence-corrected chi connectivity index (χ3v) is 5.61. The lowest BCUT2D eigenvalue weighted by atomic mass is 10.0. The van der Waals surface area contributed by atoms with E-state index in [1.807, 2.05) is 30.3 Å². The monoisotopic (exact) mass is 466 g/mol. The number of nitrogen functional groups attached to an aromatic ring is 1. The Balaban J connectivity index is 1.49. The van der Waals surface area contributed by atoms with Crippen LogP contribution in [0.3, 0.4) is 0 Å². The quantitative estimate of drug-likeness (QED) is 0.373. The van der Waals surface area contributed by atoms with Crippen molar-refractivity contribution in [1.82, 2.24) is 14.9 Å². The molecule has 0 saturated carbocycles. The van der Waals surface area contributed by atoms with Gasteiger partial charge in [-0.05, 0) is 49.4 Å². The molecule has 0 radical (unpaired) electrons. The smallest absolute Gasteiger partial charge is 0.306 e. The number of carbonyl (C=O) groups is 2. The second-order valence-electron chi connectivity index (χ2n) is 8.25. The zero-order chi connectivity index (χ0) is 24.5. The van der Waals surface area contributed by atoms with Crippen molar-refractivity contribution in [2.24, 2.45) is 5.92 Å². The molecular formula is C25H30N4O5. The van der Waals surface area contributed by atoms with Crippen LogP contribution in [0, 0.1) is 5.92 Å². The second-order valence-corrected chi connectivity index (χ2v) is 8.25. The van der Waals surface area contributed by atoms with Crippen LogP contribution in [0.25, 0.3) is 11.3 Å². The van der Waals surface area contributed by atoms with Crippen LogP contribution in [-0.4, -0.2) is 33.1 Å². The number of carboxylic acid groups (broad SMARTS) is 1. The molecule has 1 amide bonds. The van der Waals surface area contributed by atoms with Gasteiger partial charge in [-0.3, -0.25) is 19.0 Å². The van der Waals surface area contributed by atoms with Gasteiger partial charge in [0.1, 0.15) is 5.76 Å². The third-order valence-electron chi connectivity index (χ3n) is 5.61. The van der Waals surface area contributed by atoms with Gasteiger partial charge in [0.25, 0.3) is 5.56 Å². The van der Waals surface area contributed by atoms with E-state index in [4.69, 9.17) is 15.3 Å². The summed E-state index contributed by atoms with van der Waals surface area (Å²) in [6, 6.07) is 13.2. The molecule has 0 aliphatic rings. The molecule has 2 heterocycles. The number of nitrogens with one attached hydrogen (secondary N) is 1. The number of amides is 1. The van der Waals surface area contributed by atoms with Gasteiger partial charge in [0.05, 0.1) is 17.9 Å². The topological polar surface area (TPSA) is 140 Å². The predicted octanol–water partition coefficient (Wildman–Crippen LogP) is 2.88. The van der Waals surface area contributed by atoms with E-state index in [2.05, 4.69) is 16.4 Å². The number of benzene rings is 1. The number of carboxylic acids is 1. The maximum absolute atomic E-state index is 12.5. The predicted molar refractivity (Wildman–Crippen MR) is 128 cm³/mol. The fourth-order valence-electron chi connectivity index (χ4n) is 3.61. The molecule has 34 heavy (non-hydrogen) atoms. The Bertz CT molecular complexity index is 1170. The van der Waals surface area contributed by atoms with Crippen molar-refractivity contribution in [3.8, 4) is 11.3 Å². The number of furan rings is 1. The molecule has 9 heteroatoms. The Hall–Kier alpha value is -3.88. The molecular weight excluding hydrogens is 436 g/mol. The molecule has 9 nitrogen and oxygen atoms in total. The average molecular weight is 467 g/mol. The highest BCUT2D eigenvalue weighted by atomic mass is 16.4. The van der Waals surface area contributed by atoms with Crippen molar-refractivity contribution < 1.29 is 19.1 Å². The first-order valence-electron chi connectivity index (χ1n) is 11.3. The fraction of sp³-hybridized carbons (Fsp3) is 0.360. The number of aromatic nitrogens is 2. The second kappa shape index (κ2) is 11.8. The number of hydrogen-bond acceptors (Lipinski definition) is 6. The molecule has 0 spiro atoms. The van der Waals surface area contributed by atoms with Crippen molar-refractivity contribution >= 4 is 17.8 Å². The third kappa shape index (κ3) is 7.06. The minimum atomic E-state index is -0.867. The van der Waals surface area contributed by atoms with Crippen molar-refractivity contribution in [3.63, 3.8) is 0 Å². The molecule has 0 bridgehead atoms. The molecule has 3 rings (SSSR count). The molecule has 1 atom stereocenters. The lowest BCUT2D eigenvalue weighted by Crippen LogP contribution is -2.32. The number of aryl methyl sites for hydroxylation is 2. The van der Waals surface area contributed by atoms with Crippen LogP contribution in [0.5, 0.6) is 0 Å². The van der Waals surface area contributed by atoms with E-state index in [9.17, 15) is 14.4 Å². The minimum absolute atomic E-state index is 0.108. The Labute approximate surface area is 197 Å². The van der Waals surface area contributed by atoms with E-state index in [1.54, 1.807) is 13.2 Å².